The number of halogens is 1. The Bertz CT molecular complexity index is 1080. The van der Waals surface area contributed by atoms with Crippen molar-refractivity contribution in [2.75, 3.05) is 5.32 Å². The molecule has 0 radical (unpaired) electrons. The molecule has 1 atom stereocenters. The predicted octanol–water partition coefficient (Wildman–Crippen LogP) is 0.682. The second kappa shape index (κ2) is 6.17. The standard InChI is InChI=1S/C15H15ClN6O3/c1-8(13(23)19-10-5-4-9(16)6-17-10)22-7-18-12-11(22)14(24)21(3)15(25)20(12)2/h4-8H,1-3H3,(H,17,19,23)/t8-/m0/s1. The normalized spacial score (nSPS) is 12.3. The fourth-order valence-electron chi connectivity index (χ4n) is 2.46. The third kappa shape index (κ3) is 2.82. The molecule has 0 spiro atoms. The topological polar surface area (TPSA) is 104 Å². The van der Waals surface area contributed by atoms with Gasteiger partial charge < -0.3 is 9.88 Å². The molecule has 9 nitrogen and oxygen atoms in total. The van der Waals surface area contributed by atoms with Crippen LogP contribution in [0.25, 0.3) is 11.2 Å². The van der Waals surface area contributed by atoms with Gasteiger partial charge in [0.05, 0.1) is 11.3 Å². The molecule has 0 saturated heterocycles. The van der Waals surface area contributed by atoms with Gasteiger partial charge in [-0.2, -0.15) is 0 Å². The molecule has 130 valence electrons. The number of amides is 1. The van der Waals surface area contributed by atoms with Gasteiger partial charge in [0.1, 0.15) is 11.9 Å². The van der Waals surface area contributed by atoms with E-state index in [-0.39, 0.29) is 17.1 Å². The minimum absolute atomic E-state index is 0.177. The van der Waals surface area contributed by atoms with Crippen LogP contribution in [0, 0.1) is 0 Å². The summed E-state index contributed by atoms with van der Waals surface area (Å²) < 4.78 is 3.67. The molecular formula is C15H15ClN6O3. The van der Waals surface area contributed by atoms with Crippen LogP contribution in [0.4, 0.5) is 5.82 Å². The number of imidazole rings is 1. The average molecular weight is 363 g/mol. The van der Waals surface area contributed by atoms with Crippen LogP contribution in [0.2, 0.25) is 5.02 Å². The zero-order valence-electron chi connectivity index (χ0n) is 13.7. The number of carbonyl (C=O) groups excluding carboxylic acids is 1. The van der Waals surface area contributed by atoms with Crippen LogP contribution in [0.3, 0.4) is 0 Å². The van der Waals surface area contributed by atoms with Crippen molar-refractivity contribution in [1.29, 1.82) is 0 Å². The van der Waals surface area contributed by atoms with Gasteiger partial charge in [0.2, 0.25) is 5.91 Å². The SMILES string of the molecule is C[C@@H](C(=O)Nc1ccc(Cl)cn1)n1cnc2c1c(=O)n(C)c(=O)n2C. The van der Waals surface area contributed by atoms with E-state index in [4.69, 9.17) is 11.6 Å². The first-order valence-electron chi connectivity index (χ1n) is 7.36. The van der Waals surface area contributed by atoms with Gasteiger partial charge in [0.25, 0.3) is 5.56 Å². The molecular weight excluding hydrogens is 348 g/mol. The Morgan fingerprint density at radius 3 is 2.56 bits per heavy atom. The maximum Gasteiger partial charge on any atom is 0.332 e. The molecule has 0 fully saturated rings. The number of hydrogen-bond acceptors (Lipinski definition) is 5. The maximum absolute atomic E-state index is 12.5. The van der Waals surface area contributed by atoms with Crippen molar-refractivity contribution in [2.24, 2.45) is 14.1 Å². The quantitative estimate of drug-likeness (QED) is 0.738. The second-order valence-corrected chi connectivity index (χ2v) is 5.99. The molecule has 0 aliphatic carbocycles. The van der Waals surface area contributed by atoms with Crippen LogP contribution in [0.1, 0.15) is 13.0 Å². The van der Waals surface area contributed by atoms with E-state index in [1.54, 1.807) is 19.1 Å². The lowest BCUT2D eigenvalue weighted by atomic mass is 10.3. The smallest absolute Gasteiger partial charge is 0.312 e. The summed E-state index contributed by atoms with van der Waals surface area (Å²) in [5, 5.41) is 3.10. The van der Waals surface area contributed by atoms with Crippen LogP contribution >= 0.6 is 11.6 Å². The van der Waals surface area contributed by atoms with Crippen molar-refractivity contribution in [2.45, 2.75) is 13.0 Å². The summed E-state index contributed by atoms with van der Waals surface area (Å²) in [5.41, 5.74) is -0.598. The molecule has 3 heterocycles. The van der Waals surface area contributed by atoms with E-state index in [2.05, 4.69) is 15.3 Å². The molecule has 3 aromatic rings. The van der Waals surface area contributed by atoms with Crippen molar-refractivity contribution < 1.29 is 4.79 Å². The first-order chi connectivity index (χ1) is 11.8. The Morgan fingerprint density at radius 1 is 1.20 bits per heavy atom. The fraction of sp³-hybridized carbons (Fsp3) is 0.267. The number of rotatable bonds is 3. The molecule has 0 aliphatic heterocycles. The zero-order chi connectivity index (χ0) is 18.3. The number of fused-ring (bicyclic) bond motifs is 1. The van der Waals surface area contributed by atoms with E-state index in [0.717, 1.165) is 4.57 Å². The van der Waals surface area contributed by atoms with Gasteiger partial charge in [-0.25, -0.2) is 14.8 Å². The summed E-state index contributed by atoms with van der Waals surface area (Å²) in [7, 11) is 2.90. The second-order valence-electron chi connectivity index (χ2n) is 5.56. The lowest BCUT2D eigenvalue weighted by Gasteiger charge is -2.14. The van der Waals surface area contributed by atoms with E-state index < -0.39 is 17.3 Å². The van der Waals surface area contributed by atoms with Crippen molar-refractivity contribution >= 4 is 34.5 Å². The summed E-state index contributed by atoms with van der Waals surface area (Å²) in [5.74, 6) is -0.0454. The van der Waals surface area contributed by atoms with Crippen LogP contribution in [-0.4, -0.2) is 29.6 Å². The predicted molar refractivity (Wildman–Crippen MR) is 92.8 cm³/mol. The molecule has 10 heteroatoms. The number of pyridine rings is 1. The van der Waals surface area contributed by atoms with E-state index in [1.165, 1.54) is 35.8 Å². The number of nitrogens with one attached hydrogen (secondary N) is 1. The van der Waals surface area contributed by atoms with Gasteiger partial charge in [0.15, 0.2) is 11.2 Å². The van der Waals surface area contributed by atoms with E-state index in [9.17, 15) is 14.4 Å². The first kappa shape index (κ1) is 16.9. The van der Waals surface area contributed by atoms with E-state index in [0.29, 0.717) is 10.8 Å². The summed E-state index contributed by atoms with van der Waals surface area (Å²) in [6.07, 6.45) is 2.78. The monoisotopic (exact) mass is 362 g/mol. The molecule has 0 aliphatic rings. The molecule has 1 N–H and O–H groups in total. The molecule has 0 aromatic carbocycles. The van der Waals surface area contributed by atoms with Crippen molar-refractivity contribution in [3.05, 3.63) is 50.5 Å². The zero-order valence-corrected chi connectivity index (χ0v) is 14.5. The lowest BCUT2D eigenvalue weighted by molar-refractivity contribution is -0.118. The molecule has 3 rings (SSSR count). The molecule has 1 amide bonds. The number of anilines is 1. The summed E-state index contributed by atoms with van der Waals surface area (Å²) >= 11 is 5.76. The van der Waals surface area contributed by atoms with Crippen LogP contribution < -0.4 is 16.6 Å². The number of carbonyl (C=O) groups is 1. The third-order valence-electron chi connectivity index (χ3n) is 3.95. The third-order valence-corrected chi connectivity index (χ3v) is 4.17. The van der Waals surface area contributed by atoms with Gasteiger partial charge in [-0.05, 0) is 19.1 Å². The van der Waals surface area contributed by atoms with Crippen LogP contribution in [-0.2, 0) is 18.9 Å². The van der Waals surface area contributed by atoms with Gasteiger partial charge in [-0.3, -0.25) is 18.7 Å². The molecule has 3 aromatic heterocycles. The first-order valence-corrected chi connectivity index (χ1v) is 7.74. The number of aryl methyl sites for hydroxylation is 1. The Labute approximate surface area is 146 Å². The summed E-state index contributed by atoms with van der Waals surface area (Å²) in [6, 6.07) is 2.43. The molecule has 0 unspecified atom stereocenters. The van der Waals surface area contributed by atoms with Crippen LogP contribution in [0.5, 0.6) is 0 Å². The van der Waals surface area contributed by atoms with Crippen molar-refractivity contribution in [3.63, 3.8) is 0 Å². The van der Waals surface area contributed by atoms with E-state index >= 15 is 0 Å². The minimum Gasteiger partial charge on any atom is -0.312 e. The summed E-state index contributed by atoms with van der Waals surface area (Å²) in [4.78, 5) is 45.0. The van der Waals surface area contributed by atoms with Gasteiger partial charge in [-0.1, -0.05) is 11.6 Å². The Hall–Kier alpha value is -2.94. The number of aromatic nitrogens is 5. The van der Waals surface area contributed by atoms with Gasteiger partial charge in [-0.15, -0.1) is 0 Å². The maximum atomic E-state index is 12.5. The average Bonchev–Trinajstić information content (AvgIpc) is 3.04. The van der Waals surface area contributed by atoms with Gasteiger partial charge >= 0.3 is 5.69 Å². The highest BCUT2D eigenvalue weighted by Gasteiger charge is 2.22. The highest BCUT2D eigenvalue weighted by Crippen LogP contribution is 2.16. The van der Waals surface area contributed by atoms with Crippen molar-refractivity contribution in [3.8, 4) is 0 Å². The number of nitrogens with zero attached hydrogens (tertiary/aromatic N) is 5. The minimum atomic E-state index is -0.743. The van der Waals surface area contributed by atoms with Crippen molar-refractivity contribution in [1.82, 2.24) is 23.7 Å². The Morgan fingerprint density at radius 2 is 1.92 bits per heavy atom. The molecule has 0 bridgehead atoms. The lowest BCUT2D eigenvalue weighted by Crippen LogP contribution is -2.38. The van der Waals surface area contributed by atoms with E-state index in [1.807, 2.05) is 0 Å². The molecule has 25 heavy (non-hydrogen) atoms. The summed E-state index contributed by atoms with van der Waals surface area (Å²) in [6.45, 7) is 1.62. The van der Waals surface area contributed by atoms with Crippen LogP contribution in [0.15, 0.2) is 34.2 Å². The highest BCUT2D eigenvalue weighted by atomic mass is 35.5. The largest absolute Gasteiger partial charge is 0.332 e. The molecule has 0 saturated carbocycles. The highest BCUT2D eigenvalue weighted by molar-refractivity contribution is 6.30. The Balaban J connectivity index is 2.01. The fourth-order valence-corrected chi connectivity index (χ4v) is 2.58. The Kier molecular flexibility index (Phi) is 4.17. The van der Waals surface area contributed by atoms with Gasteiger partial charge in [0, 0.05) is 20.3 Å². The number of hydrogen-bond donors (Lipinski definition) is 1.